The fourth-order valence-corrected chi connectivity index (χ4v) is 4.08. The van der Waals surface area contributed by atoms with Crippen molar-refractivity contribution in [1.29, 1.82) is 5.41 Å². The third kappa shape index (κ3) is 5.75. The fourth-order valence-electron chi connectivity index (χ4n) is 4.08. The number of hydrogen-bond acceptors (Lipinski definition) is 6. The van der Waals surface area contributed by atoms with Gasteiger partial charge in [0, 0.05) is 37.3 Å². The van der Waals surface area contributed by atoms with Gasteiger partial charge in [0.05, 0.1) is 18.9 Å². The number of pyridine rings is 1. The third-order valence-corrected chi connectivity index (χ3v) is 6.27. The summed E-state index contributed by atoms with van der Waals surface area (Å²) in [6.07, 6.45) is 4.83. The maximum atomic E-state index is 13.4. The molecule has 1 aliphatic carbocycles. The van der Waals surface area contributed by atoms with E-state index in [1.165, 1.54) is 12.1 Å². The Hall–Kier alpha value is -2.84. The number of nitrogens with zero attached hydrogens (tertiary/aromatic N) is 1. The van der Waals surface area contributed by atoms with Gasteiger partial charge in [0.15, 0.2) is 5.69 Å². The van der Waals surface area contributed by atoms with Crippen molar-refractivity contribution in [3.8, 4) is 5.75 Å². The molecule has 2 aromatic rings. The van der Waals surface area contributed by atoms with Gasteiger partial charge in [-0.25, -0.2) is 9.18 Å². The molecule has 1 saturated carbocycles. The van der Waals surface area contributed by atoms with Crippen LogP contribution in [0.25, 0.3) is 0 Å². The Balaban J connectivity index is 1.72. The van der Waals surface area contributed by atoms with Gasteiger partial charge in [0.25, 0.3) is 0 Å². The van der Waals surface area contributed by atoms with Crippen molar-refractivity contribution in [2.24, 2.45) is 11.8 Å². The van der Waals surface area contributed by atoms with E-state index >= 15 is 0 Å². The zero-order chi connectivity index (χ0) is 23.2. The number of hydrogen-bond donors (Lipinski definition) is 2. The number of carbonyl (C=O) groups is 1. The van der Waals surface area contributed by atoms with Crippen LogP contribution in [0, 0.1) is 23.1 Å². The molecule has 8 heteroatoms. The van der Waals surface area contributed by atoms with Gasteiger partial charge in [-0.3, -0.25) is 5.32 Å². The van der Waals surface area contributed by atoms with Crippen LogP contribution in [0.5, 0.6) is 5.75 Å². The number of ether oxygens (including phenoxy) is 3. The maximum absolute atomic E-state index is 13.4. The summed E-state index contributed by atoms with van der Waals surface area (Å²) in [5.41, 5.74) is 1.93. The van der Waals surface area contributed by atoms with Crippen molar-refractivity contribution >= 4 is 23.2 Å². The van der Waals surface area contributed by atoms with Crippen molar-refractivity contribution < 1.29 is 28.7 Å². The molecule has 1 saturated heterocycles. The van der Waals surface area contributed by atoms with Crippen molar-refractivity contribution in [3.05, 3.63) is 47.4 Å². The Kier molecular flexibility index (Phi) is 7.67. The highest BCUT2D eigenvalue weighted by atomic mass is 19.1. The molecule has 0 amide bonds. The van der Waals surface area contributed by atoms with Crippen molar-refractivity contribution in [2.45, 2.75) is 39.0 Å². The Labute approximate surface area is 193 Å². The van der Waals surface area contributed by atoms with Crippen LogP contribution in [0.4, 0.5) is 15.9 Å². The van der Waals surface area contributed by atoms with Crippen LogP contribution in [0.3, 0.4) is 0 Å². The lowest BCUT2D eigenvalue weighted by Gasteiger charge is -2.28. The zero-order valence-electron chi connectivity index (χ0n) is 18.9. The zero-order valence-corrected chi connectivity index (χ0v) is 18.9. The van der Waals surface area contributed by atoms with Crippen LogP contribution in [-0.2, 0) is 9.47 Å². The molecule has 33 heavy (non-hydrogen) atoms. The van der Waals surface area contributed by atoms with E-state index in [4.69, 9.17) is 19.6 Å². The average Bonchev–Trinajstić information content (AvgIpc) is 2.78. The lowest BCUT2D eigenvalue weighted by atomic mass is 9.79. The molecule has 0 bridgehead atoms. The Morgan fingerprint density at radius 3 is 2.58 bits per heavy atom. The highest BCUT2D eigenvalue weighted by Gasteiger charge is 2.32. The Morgan fingerprint density at radius 2 is 1.94 bits per heavy atom. The minimum atomic E-state index is -0.538. The average molecular weight is 457 g/mol. The van der Waals surface area contributed by atoms with Gasteiger partial charge in [-0.15, -0.1) is 0 Å². The maximum Gasteiger partial charge on any atom is 0.357 e. The molecular weight excluding hydrogens is 425 g/mol. The van der Waals surface area contributed by atoms with E-state index in [2.05, 4.69) is 4.98 Å². The van der Waals surface area contributed by atoms with E-state index < -0.39 is 5.97 Å². The number of carbonyl (C=O) groups excluding carboxylic acids is 1. The molecule has 176 valence electrons. The summed E-state index contributed by atoms with van der Waals surface area (Å²) in [5, 5.41) is 10.7. The summed E-state index contributed by atoms with van der Waals surface area (Å²) >= 11 is 0. The van der Waals surface area contributed by atoms with Crippen molar-refractivity contribution in [2.75, 3.05) is 26.4 Å². The molecule has 0 radical (unpaired) electrons. The minimum absolute atomic E-state index is 0.136. The van der Waals surface area contributed by atoms with Gasteiger partial charge in [-0.1, -0.05) is 6.42 Å². The molecule has 3 N–H and O–H groups in total. The topological polar surface area (TPSA) is 98.1 Å². The van der Waals surface area contributed by atoms with Gasteiger partial charge >= 0.3 is 5.97 Å². The first-order chi connectivity index (χ1) is 16.0. The SMILES string of the molecule is CCOC(=O)c1cc(OCC2CCOCC2)c(C(=N)C2CCC2)c([NH2+]c2ccc(F)cc2)n1. The minimum Gasteiger partial charge on any atom is -0.492 e. The fraction of sp³-hybridized carbons (Fsp3) is 0.480. The first kappa shape index (κ1) is 23.3. The van der Waals surface area contributed by atoms with Crippen LogP contribution in [-0.4, -0.2) is 43.1 Å². The predicted molar refractivity (Wildman–Crippen MR) is 121 cm³/mol. The van der Waals surface area contributed by atoms with Crippen molar-refractivity contribution in [3.63, 3.8) is 0 Å². The van der Waals surface area contributed by atoms with Gasteiger partial charge in [0.2, 0.25) is 5.82 Å². The second-order valence-electron chi connectivity index (χ2n) is 8.59. The number of esters is 1. The summed E-state index contributed by atoms with van der Waals surface area (Å²) in [7, 11) is 0. The highest BCUT2D eigenvalue weighted by Crippen LogP contribution is 2.35. The summed E-state index contributed by atoms with van der Waals surface area (Å²) in [6.45, 7) is 3.89. The van der Waals surface area contributed by atoms with Crippen LogP contribution in [0.2, 0.25) is 0 Å². The number of benzene rings is 1. The van der Waals surface area contributed by atoms with Gasteiger partial charge in [-0.05, 0) is 50.7 Å². The van der Waals surface area contributed by atoms with Crippen LogP contribution >= 0.6 is 0 Å². The molecule has 7 nitrogen and oxygen atoms in total. The van der Waals surface area contributed by atoms with E-state index in [0.29, 0.717) is 48.6 Å². The Bertz CT molecular complexity index is 986. The molecule has 1 aliphatic heterocycles. The molecule has 0 spiro atoms. The van der Waals surface area contributed by atoms with E-state index in [9.17, 15) is 9.18 Å². The standard InChI is InChI=1S/C25H30FN3O4/c1-2-32-25(30)20-14-21(33-15-16-10-12-31-13-11-16)22(23(27)17-4-3-5-17)24(29-20)28-19-8-6-18(26)7-9-19/h6-9,14,16-17,27H,2-5,10-13,15H2,1H3,(H,28,29)/p+1. The van der Waals surface area contributed by atoms with E-state index in [-0.39, 0.29) is 24.0 Å². The first-order valence-electron chi connectivity index (χ1n) is 11.7. The number of aromatic nitrogens is 1. The molecular formula is C25H31FN3O4+. The number of quaternary nitrogens is 1. The second-order valence-corrected chi connectivity index (χ2v) is 8.59. The number of nitrogens with two attached hydrogens (primary N) is 1. The van der Waals surface area contributed by atoms with E-state index in [0.717, 1.165) is 37.8 Å². The van der Waals surface area contributed by atoms with Crippen LogP contribution in [0.15, 0.2) is 30.3 Å². The molecule has 2 heterocycles. The quantitative estimate of drug-likeness (QED) is 0.339. The smallest absolute Gasteiger partial charge is 0.357 e. The van der Waals surface area contributed by atoms with Gasteiger partial charge in [0.1, 0.15) is 22.8 Å². The largest absolute Gasteiger partial charge is 0.492 e. The second kappa shape index (κ2) is 10.9. The molecule has 2 fully saturated rings. The highest BCUT2D eigenvalue weighted by molar-refractivity contribution is 6.06. The van der Waals surface area contributed by atoms with Crippen LogP contribution < -0.4 is 10.1 Å². The Morgan fingerprint density at radius 1 is 1.21 bits per heavy atom. The lowest BCUT2D eigenvalue weighted by Crippen LogP contribution is -2.72. The molecule has 0 atom stereocenters. The third-order valence-electron chi connectivity index (χ3n) is 6.27. The number of rotatable bonds is 9. The molecule has 0 unspecified atom stereocenters. The van der Waals surface area contributed by atoms with E-state index in [1.54, 1.807) is 30.4 Å². The van der Waals surface area contributed by atoms with Gasteiger partial charge in [-0.2, -0.15) is 4.98 Å². The predicted octanol–water partition coefficient (Wildman–Crippen LogP) is 3.90. The lowest BCUT2D eigenvalue weighted by molar-refractivity contribution is -0.483. The molecule has 4 rings (SSSR count). The first-order valence-corrected chi connectivity index (χ1v) is 11.7. The summed E-state index contributed by atoms with van der Waals surface area (Å²) < 4.78 is 30.3. The number of nitrogens with one attached hydrogen (secondary N) is 1. The number of halogens is 1. The summed E-state index contributed by atoms with van der Waals surface area (Å²) in [6, 6.07) is 7.64. The molecule has 2 aliphatic rings. The monoisotopic (exact) mass is 456 g/mol. The van der Waals surface area contributed by atoms with E-state index in [1.807, 2.05) is 0 Å². The van der Waals surface area contributed by atoms with Crippen LogP contribution in [0.1, 0.15) is 55.1 Å². The van der Waals surface area contributed by atoms with Gasteiger partial charge < -0.3 is 19.6 Å². The van der Waals surface area contributed by atoms with Crippen molar-refractivity contribution in [1.82, 2.24) is 4.98 Å². The summed E-state index contributed by atoms with van der Waals surface area (Å²) in [4.78, 5) is 17.1. The molecule has 1 aromatic carbocycles. The normalized spacial score (nSPS) is 16.8. The molecule has 1 aromatic heterocycles. The summed E-state index contributed by atoms with van der Waals surface area (Å²) in [5.74, 6) is 0.572.